The number of hydrogen-bond donors (Lipinski definition) is 1. The minimum absolute atomic E-state index is 0.122. The molecule has 0 saturated heterocycles. The second-order valence-electron chi connectivity index (χ2n) is 14.4. The van der Waals surface area contributed by atoms with Gasteiger partial charge in [-0.2, -0.15) is 0 Å². The Hall–Kier alpha value is -3.86. The predicted octanol–water partition coefficient (Wildman–Crippen LogP) is 10.1. The number of Topliss-reactive ketones (excluding diaryl/α,β-unsaturated/α-hetero) is 1. The van der Waals surface area contributed by atoms with Crippen LogP contribution >= 0.6 is 0 Å². The third kappa shape index (κ3) is 7.24. The van der Waals surface area contributed by atoms with Gasteiger partial charge in [0.15, 0.2) is 5.78 Å². The van der Waals surface area contributed by atoms with Gasteiger partial charge < -0.3 is 14.9 Å². The van der Waals surface area contributed by atoms with Crippen molar-refractivity contribution in [2.24, 2.45) is 11.8 Å². The normalized spacial score (nSPS) is 17.7. The van der Waals surface area contributed by atoms with Gasteiger partial charge in [-0.15, -0.1) is 0 Å². The highest BCUT2D eigenvalue weighted by Crippen LogP contribution is 2.40. The summed E-state index contributed by atoms with van der Waals surface area (Å²) in [4.78, 5) is 17.0. The van der Waals surface area contributed by atoms with E-state index in [2.05, 4.69) is 70.1 Å². The summed E-state index contributed by atoms with van der Waals surface area (Å²) in [7, 11) is 0. The Balaban J connectivity index is 0.000000169. The average Bonchev–Trinajstić information content (AvgIpc) is 3.76. The van der Waals surface area contributed by atoms with E-state index < -0.39 is 0 Å². The topological polar surface area (TPSA) is 65.8 Å². The zero-order chi connectivity index (χ0) is 31.5. The number of aromatic nitrogens is 3. The van der Waals surface area contributed by atoms with Crippen molar-refractivity contribution in [2.45, 2.75) is 109 Å². The monoisotopic (exact) mass is 614 g/mol. The molecule has 3 aliphatic rings. The molecule has 5 aromatic rings. The highest BCUT2D eigenvalue weighted by Gasteiger charge is 2.25. The number of nitrogen functional groups attached to an aromatic ring is 1. The van der Waals surface area contributed by atoms with Crippen molar-refractivity contribution in [3.63, 3.8) is 0 Å². The Morgan fingerprint density at radius 3 is 1.91 bits per heavy atom. The van der Waals surface area contributed by atoms with Gasteiger partial charge in [-0.1, -0.05) is 56.7 Å². The number of nitrogens with two attached hydrogens (primary N) is 1. The van der Waals surface area contributed by atoms with Crippen LogP contribution in [0, 0.1) is 11.8 Å². The highest BCUT2D eigenvalue weighted by molar-refractivity contribution is 5.95. The minimum atomic E-state index is 0.122. The summed E-state index contributed by atoms with van der Waals surface area (Å²) in [5.74, 6) is 2.41. The fourth-order valence-corrected chi connectivity index (χ4v) is 7.94. The molecule has 2 aromatic carbocycles. The van der Waals surface area contributed by atoms with E-state index in [1.54, 1.807) is 6.92 Å². The van der Waals surface area contributed by atoms with E-state index >= 15 is 0 Å². The first kappa shape index (κ1) is 30.8. The molecule has 0 atom stereocenters. The molecule has 0 amide bonds. The van der Waals surface area contributed by atoms with Crippen LogP contribution in [0.4, 0.5) is 5.69 Å². The number of rotatable bonds is 8. The molecule has 5 heteroatoms. The largest absolute Gasteiger partial charge is 0.399 e. The van der Waals surface area contributed by atoms with Gasteiger partial charge in [0.2, 0.25) is 0 Å². The van der Waals surface area contributed by atoms with E-state index in [9.17, 15) is 4.79 Å². The van der Waals surface area contributed by atoms with Crippen molar-refractivity contribution < 1.29 is 4.79 Å². The number of benzene rings is 2. The summed E-state index contributed by atoms with van der Waals surface area (Å²) in [6.07, 6.45) is 23.5. The van der Waals surface area contributed by atoms with Crippen molar-refractivity contribution >= 4 is 33.3 Å². The highest BCUT2D eigenvalue weighted by atomic mass is 16.1. The smallest absolute Gasteiger partial charge is 0.161 e. The van der Waals surface area contributed by atoms with E-state index in [-0.39, 0.29) is 5.78 Å². The number of fused-ring (bicyclic) bond motifs is 2. The number of hydrogen-bond acceptors (Lipinski definition) is 3. The molecular weight excluding hydrogens is 564 g/mol. The molecule has 3 fully saturated rings. The molecule has 0 radical (unpaired) electrons. The summed E-state index contributed by atoms with van der Waals surface area (Å²) >= 11 is 0. The van der Waals surface area contributed by atoms with Crippen LogP contribution in [0.25, 0.3) is 21.8 Å². The Bertz CT molecular complexity index is 1800. The number of carbonyl (C=O) groups is 1. The number of nitrogens with zero attached hydrogens (tertiary/aromatic N) is 3. The summed E-state index contributed by atoms with van der Waals surface area (Å²) in [6.45, 7) is 3.95. The first-order valence-corrected chi connectivity index (χ1v) is 17.9. The zero-order valence-electron chi connectivity index (χ0n) is 27.6. The molecule has 0 bridgehead atoms. The van der Waals surface area contributed by atoms with Gasteiger partial charge in [-0.05, 0) is 121 Å². The summed E-state index contributed by atoms with van der Waals surface area (Å²) < 4.78 is 4.81. The van der Waals surface area contributed by atoms with E-state index in [0.29, 0.717) is 12.3 Å². The first-order chi connectivity index (χ1) is 22.5. The molecular formula is C41H50N4O. The van der Waals surface area contributed by atoms with Gasteiger partial charge in [0, 0.05) is 54.9 Å². The Morgan fingerprint density at radius 2 is 1.33 bits per heavy atom. The molecule has 3 aliphatic carbocycles. The van der Waals surface area contributed by atoms with Crippen molar-refractivity contribution in [2.75, 3.05) is 5.73 Å². The Kier molecular flexibility index (Phi) is 9.28. The molecule has 2 N–H and O–H groups in total. The van der Waals surface area contributed by atoms with E-state index in [1.165, 1.54) is 110 Å². The molecule has 0 unspecified atom stereocenters. The number of carbonyl (C=O) groups excluding carboxylic acids is 1. The molecule has 240 valence electrons. The minimum Gasteiger partial charge on any atom is -0.399 e. The third-order valence-corrected chi connectivity index (χ3v) is 10.8. The van der Waals surface area contributed by atoms with Crippen LogP contribution in [0.3, 0.4) is 0 Å². The van der Waals surface area contributed by atoms with Crippen LogP contribution < -0.4 is 5.73 Å². The first-order valence-electron chi connectivity index (χ1n) is 17.9. The zero-order valence-corrected chi connectivity index (χ0v) is 27.6. The van der Waals surface area contributed by atoms with Crippen molar-refractivity contribution in [3.8, 4) is 0 Å². The maximum atomic E-state index is 12.3. The molecule has 8 rings (SSSR count). The maximum absolute atomic E-state index is 12.3. The standard InChI is InChI=1S/C26H30N2O.C15H20N2/c1-18(29)24-15-23(21-9-10-21)16-27-25(24)13-20-7-8-22-11-12-28(26(22)14-20)17-19-5-3-2-4-6-19;16-14-7-6-13-8-9-17(15(13)10-14)11-12-4-2-1-3-5-12/h7-8,11-12,14-16,19,21H,2-6,9-10,13,17H2,1H3;6-10,12H,1-5,11,16H2. The Morgan fingerprint density at radius 1 is 0.739 bits per heavy atom. The van der Waals surface area contributed by atoms with E-state index in [1.807, 2.05) is 12.3 Å². The van der Waals surface area contributed by atoms with Gasteiger partial charge >= 0.3 is 0 Å². The molecule has 3 aromatic heterocycles. The van der Waals surface area contributed by atoms with Gasteiger partial charge in [0.1, 0.15) is 0 Å². The van der Waals surface area contributed by atoms with E-state index in [0.717, 1.165) is 41.9 Å². The third-order valence-electron chi connectivity index (χ3n) is 10.8. The fourth-order valence-electron chi connectivity index (χ4n) is 7.94. The van der Waals surface area contributed by atoms with Crippen LogP contribution in [-0.4, -0.2) is 19.9 Å². The van der Waals surface area contributed by atoms with Crippen molar-refractivity contribution in [3.05, 3.63) is 95.6 Å². The average molecular weight is 615 g/mol. The predicted molar refractivity (Wildman–Crippen MR) is 190 cm³/mol. The van der Waals surface area contributed by atoms with Gasteiger partial charge in [0.05, 0.1) is 11.2 Å². The molecule has 3 saturated carbocycles. The number of anilines is 1. The van der Waals surface area contributed by atoms with Gasteiger partial charge in [0.25, 0.3) is 0 Å². The number of pyridine rings is 1. The second kappa shape index (κ2) is 13.9. The van der Waals surface area contributed by atoms with Crippen molar-refractivity contribution in [1.82, 2.24) is 14.1 Å². The summed E-state index contributed by atoms with van der Waals surface area (Å²) in [5, 5.41) is 2.60. The van der Waals surface area contributed by atoms with Crippen molar-refractivity contribution in [1.29, 1.82) is 0 Å². The Labute approximate surface area is 274 Å². The quantitative estimate of drug-likeness (QED) is 0.140. The number of ketones is 1. The van der Waals surface area contributed by atoms with Crippen LogP contribution in [0.5, 0.6) is 0 Å². The van der Waals surface area contributed by atoms with Crippen LogP contribution in [0.1, 0.15) is 117 Å². The molecule has 3 heterocycles. The van der Waals surface area contributed by atoms with Crippen LogP contribution in [-0.2, 0) is 19.5 Å². The molecule has 0 spiro atoms. The van der Waals surface area contributed by atoms with Gasteiger partial charge in [-0.25, -0.2) is 0 Å². The lowest BCUT2D eigenvalue weighted by Gasteiger charge is -2.22. The molecule has 0 aliphatic heterocycles. The molecule has 5 nitrogen and oxygen atoms in total. The molecule has 46 heavy (non-hydrogen) atoms. The lowest BCUT2D eigenvalue weighted by Crippen LogP contribution is -2.13. The van der Waals surface area contributed by atoms with E-state index in [4.69, 9.17) is 10.7 Å². The van der Waals surface area contributed by atoms with Gasteiger partial charge in [-0.3, -0.25) is 9.78 Å². The SMILES string of the molecule is CC(=O)c1cc(C2CC2)cnc1Cc1ccc2ccn(CC3CCCCC3)c2c1.Nc1ccc2ccn(CC3CCCCC3)c2c1. The lowest BCUT2D eigenvalue weighted by atomic mass is 9.89. The van der Waals surface area contributed by atoms with Crippen LogP contribution in [0.2, 0.25) is 0 Å². The fraction of sp³-hybridized carbons (Fsp3) is 0.463. The summed E-state index contributed by atoms with van der Waals surface area (Å²) in [6, 6.07) is 19.4. The maximum Gasteiger partial charge on any atom is 0.161 e. The lowest BCUT2D eigenvalue weighted by molar-refractivity contribution is 0.101. The second-order valence-corrected chi connectivity index (χ2v) is 14.4. The van der Waals surface area contributed by atoms with Crippen LogP contribution in [0.15, 0.2) is 73.2 Å². The summed E-state index contributed by atoms with van der Waals surface area (Å²) in [5.41, 5.74) is 13.5.